The first-order valence-corrected chi connectivity index (χ1v) is 7.02. The third-order valence-corrected chi connectivity index (χ3v) is 3.33. The molecule has 0 spiro atoms. The van der Waals surface area contributed by atoms with Crippen LogP contribution in [0.5, 0.6) is 5.88 Å². The Hall–Kier alpha value is -1.36. The van der Waals surface area contributed by atoms with E-state index in [1.54, 1.807) is 12.3 Å². The molecule has 1 saturated heterocycles. The molecule has 0 N–H and O–H groups in total. The van der Waals surface area contributed by atoms with Gasteiger partial charge in [0, 0.05) is 50.5 Å². The van der Waals surface area contributed by atoms with Crippen LogP contribution in [0.3, 0.4) is 0 Å². The fourth-order valence-electron chi connectivity index (χ4n) is 2.13. The quantitative estimate of drug-likeness (QED) is 0.791. The molecule has 1 aromatic heterocycles. The molecule has 1 fully saturated rings. The summed E-state index contributed by atoms with van der Waals surface area (Å²) in [5.74, 6) is 1.83. The van der Waals surface area contributed by atoms with Gasteiger partial charge in [-0.25, -0.2) is 4.98 Å². The normalized spacial score (nSPS) is 16.4. The molecule has 0 atom stereocenters. The highest BCUT2D eigenvalue weighted by Crippen LogP contribution is 2.17. The van der Waals surface area contributed by atoms with Gasteiger partial charge in [0.15, 0.2) is 0 Å². The highest BCUT2D eigenvalue weighted by Gasteiger charge is 2.23. The van der Waals surface area contributed by atoms with Crippen molar-refractivity contribution in [2.24, 2.45) is 0 Å². The lowest BCUT2D eigenvalue weighted by molar-refractivity contribution is -0.132. The molecule has 0 bridgehead atoms. The van der Waals surface area contributed by atoms with Crippen molar-refractivity contribution in [3.63, 3.8) is 0 Å². The van der Waals surface area contributed by atoms with Gasteiger partial charge in [0.25, 0.3) is 0 Å². The van der Waals surface area contributed by atoms with Crippen LogP contribution in [0, 0.1) is 6.92 Å². The van der Waals surface area contributed by atoms with Crippen molar-refractivity contribution < 1.29 is 9.53 Å². The van der Waals surface area contributed by atoms with Crippen LogP contribution >= 0.6 is 11.6 Å². The summed E-state index contributed by atoms with van der Waals surface area (Å²) in [6.07, 6.45) is 3.89. The largest absolute Gasteiger partial charge is 0.474 e. The minimum Gasteiger partial charge on any atom is -0.474 e. The third kappa shape index (κ3) is 4.06. The first-order chi connectivity index (χ1) is 9.19. The maximum absolute atomic E-state index is 11.7. The predicted octanol–water partition coefficient (Wildman–Crippen LogP) is 1.78. The number of likely N-dealkylation sites (tertiary alicyclic amines) is 1. The van der Waals surface area contributed by atoms with Gasteiger partial charge in [-0.05, 0) is 6.92 Å². The molecule has 2 heterocycles. The smallest absolute Gasteiger partial charge is 0.223 e. The van der Waals surface area contributed by atoms with Crippen molar-refractivity contribution in [2.75, 3.05) is 19.0 Å². The van der Waals surface area contributed by atoms with Gasteiger partial charge < -0.3 is 9.64 Å². The van der Waals surface area contributed by atoms with Gasteiger partial charge in [-0.1, -0.05) is 0 Å². The number of halogens is 1. The first kappa shape index (κ1) is 14.1. The van der Waals surface area contributed by atoms with Crippen LogP contribution in [0.4, 0.5) is 0 Å². The molecule has 0 unspecified atom stereocenters. The number of aryl methyl sites for hydroxylation is 1. The van der Waals surface area contributed by atoms with Crippen molar-refractivity contribution >= 4 is 17.5 Å². The molecule has 1 aliphatic heterocycles. The molecular formula is C13H18ClN3O2. The number of hydrogen-bond donors (Lipinski definition) is 0. The Balaban J connectivity index is 1.82. The summed E-state index contributed by atoms with van der Waals surface area (Å²) in [5, 5.41) is 0. The van der Waals surface area contributed by atoms with Gasteiger partial charge in [-0.2, -0.15) is 4.98 Å². The number of rotatable bonds is 4. The number of ether oxygens (including phenoxy) is 1. The van der Waals surface area contributed by atoms with Crippen LogP contribution in [-0.4, -0.2) is 45.8 Å². The lowest BCUT2D eigenvalue weighted by atomic mass is 10.1. The van der Waals surface area contributed by atoms with Crippen molar-refractivity contribution in [1.29, 1.82) is 0 Å². The number of amides is 1. The van der Waals surface area contributed by atoms with E-state index in [0.29, 0.717) is 24.0 Å². The zero-order valence-corrected chi connectivity index (χ0v) is 11.8. The molecule has 19 heavy (non-hydrogen) atoms. The number of piperidine rings is 1. The fourth-order valence-corrected chi connectivity index (χ4v) is 2.29. The van der Waals surface area contributed by atoms with Crippen molar-refractivity contribution in [1.82, 2.24) is 14.9 Å². The molecule has 2 rings (SSSR count). The van der Waals surface area contributed by atoms with Crippen LogP contribution in [0.15, 0.2) is 12.3 Å². The molecular weight excluding hydrogens is 266 g/mol. The Morgan fingerprint density at radius 1 is 1.53 bits per heavy atom. The van der Waals surface area contributed by atoms with Crippen molar-refractivity contribution in [3.05, 3.63) is 18.1 Å². The second-order valence-corrected chi connectivity index (χ2v) is 4.96. The minimum atomic E-state index is 0.120. The average Bonchev–Trinajstić information content (AvgIpc) is 2.40. The Kier molecular flexibility index (Phi) is 4.96. The van der Waals surface area contributed by atoms with Gasteiger partial charge in [0.1, 0.15) is 11.9 Å². The summed E-state index contributed by atoms with van der Waals surface area (Å²) in [6.45, 7) is 3.29. The zero-order chi connectivity index (χ0) is 13.7. The zero-order valence-electron chi connectivity index (χ0n) is 11.0. The minimum absolute atomic E-state index is 0.120. The number of carbonyl (C=O) groups excluding carboxylic acids is 1. The maximum atomic E-state index is 11.7. The van der Waals surface area contributed by atoms with E-state index in [2.05, 4.69) is 9.97 Å². The molecule has 1 amide bonds. The SMILES string of the molecule is Cc1nccc(OC2CCN(C(=O)CCCl)CC2)n1. The summed E-state index contributed by atoms with van der Waals surface area (Å²) in [5.41, 5.74) is 0. The van der Waals surface area contributed by atoms with E-state index < -0.39 is 0 Å². The second kappa shape index (κ2) is 6.70. The molecule has 104 valence electrons. The number of aromatic nitrogens is 2. The van der Waals surface area contributed by atoms with Crippen LogP contribution in [0.25, 0.3) is 0 Å². The standard InChI is InChI=1S/C13H18ClN3O2/c1-10-15-7-3-12(16-10)19-11-4-8-17(9-5-11)13(18)2-6-14/h3,7,11H,2,4-6,8-9H2,1H3. The fraction of sp³-hybridized carbons (Fsp3) is 0.615. The molecule has 5 nitrogen and oxygen atoms in total. The van der Waals surface area contributed by atoms with E-state index in [4.69, 9.17) is 16.3 Å². The van der Waals surface area contributed by atoms with Crippen LogP contribution < -0.4 is 4.74 Å². The molecule has 0 aliphatic carbocycles. The van der Waals surface area contributed by atoms with E-state index in [-0.39, 0.29) is 12.0 Å². The van der Waals surface area contributed by atoms with E-state index in [1.165, 1.54) is 0 Å². The molecule has 6 heteroatoms. The highest BCUT2D eigenvalue weighted by atomic mass is 35.5. The van der Waals surface area contributed by atoms with Gasteiger partial charge in [-0.15, -0.1) is 11.6 Å². The predicted molar refractivity (Wildman–Crippen MR) is 72.3 cm³/mol. The number of carbonyl (C=O) groups is 1. The van der Waals surface area contributed by atoms with E-state index in [0.717, 1.165) is 25.9 Å². The van der Waals surface area contributed by atoms with Crippen LogP contribution in [-0.2, 0) is 4.79 Å². The third-order valence-electron chi connectivity index (χ3n) is 3.14. The Bertz CT molecular complexity index is 434. The first-order valence-electron chi connectivity index (χ1n) is 6.49. The summed E-state index contributed by atoms with van der Waals surface area (Å²) in [6, 6.07) is 1.76. The Morgan fingerprint density at radius 3 is 2.89 bits per heavy atom. The average molecular weight is 284 g/mol. The van der Waals surface area contributed by atoms with E-state index in [1.807, 2.05) is 11.8 Å². The lowest BCUT2D eigenvalue weighted by Gasteiger charge is -2.31. The number of alkyl halides is 1. The Morgan fingerprint density at radius 2 is 2.26 bits per heavy atom. The van der Waals surface area contributed by atoms with E-state index >= 15 is 0 Å². The van der Waals surface area contributed by atoms with Gasteiger partial charge in [0.2, 0.25) is 11.8 Å². The molecule has 0 radical (unpaired) electrons. The summed E-state index contributed by atoms with van der Waals surface area (Å²) >= 11 is 5.58. The monoisotopic (exact) mass is 283 g/mol. The molecule has 0 aromatic carbocycles. The Labute approximate surface area is 117 Å². The molecule has 1 aromatic rings. The lowest BCUT2D eigenvalue weighted by Crippen LogP contribution is -2.41. The van der Waals surface area contributed by atoms with E-state index in [9.17, 15) is 4.79 Å². The summed E-state index contributed by atoms with van der Waals surface area (Å²) < 4.78 is 5.81. The number of nitrogens with zero attached hydrogens (tertiary/aromatic N) is 3. The summed E-state index contributed by atoms with van der Waals surface area (Å²) in [7, 11) is 0. The number of hydrogen-bond acceptors (Lipinski definition) is 4. The van der Waals surface area contributed by atoms with Gasteiger partial charge >= 0.3 is 0 Å². The molecule has 0 saturated carbocycles. The maximum Gasteiger partial charge on any atom is 0.223 e. The topological polar surface area (TPSA) is 55.3 Å². The van der Waals surface area contributed by atoms with Crippen molar-refractivity contribution in [3.8, 4) is 5.88 Å². The van der Waals surface area contributed by atoms with Gasteiger partial charge in [-0.3, -0.25) is 4.79 Å². The summed E-state index contributed by atoms with van der Waals surface area (Å²) in [4.78, 5) is 21.8. The van der Waals surface area contributed by atoms with Gasteiger partial charge in [0.05, 0.1) is 0 Å². The van der Waals surface area contributed by atoms with Crippen molar-refractivity contribution in [2.45, 2.75) is 32.3 Å². The van der Waals surface area contributed by atoms with Crippen LogP contribution in [0.2, 0.25) is 0 Å². The second-order valence-electron chi connectivity index (χ2n) is 4.58. The molecule has 1 aliphatic rings. The van der Waals surface area contributed by atoms with Crippen LogP contribution in [0.1, 0.15) is 25.1 Å². The highest BCUT2D eigenvalue weighted by molar-refractivity contribution is 6.18.